The van der Waals surface area contributed by atoms with E-state index in [0.717, 1.165) is 23.0 Å². The Kier molecular flexibility index (Phi) is 5.31. The van der Waals surface area contributed by atoms with Crippen LogP contribution in [0.3, 0.4) is 0 Å². The Bertz CT molecular complexity index is 1240. The van der Waals surface area contributed by atoms with E-state index in [9.17, 15) is 9.59 Å². The van der Waals surface area contributed by atoms with Crippen molar-refractivity contribution in [3.63, 3.8) is 0 Å². The maximum atomic E-state index is 13.2. The molecule has 0 radical (unpaired) electrons. The summed E-state index contributed by atoms with van der Waals surface area (Å²) in [6.45, 7) is 0.429. The second kappa shape index (κ2) is 7.90. The first-order valence-corrected chi connectivity index (χ1v) is 9.94. The molecule has 1 aliphatic rings. The Morgan fingerprint density at radius 3 is 2.59 bits per heavy atom. The molecule has 8 heteroatoms. The molecule has 0 amide bonds. The van der Waals surface area contributed by atoms with Gasteiger partial charge in [0, 0.05) is 31.1 Å². The van der Waals surface area contributed by atoms with Crippen molar-refractivity contribution in [1.82, 2.24) is 18.7 Å². The van der Waals surface area contributed by atoms with E-state index >= 15 is 0 Å². The van der Waals surface area contributed by atoms with Crippen molar-refractivity contribution in [3.05, 3.63) is 61.5 Å². The van der Waals surface area contributed by atoms with Crippen molar-refractivity contribution in [2.24, 2.45) is 13.0 Å². The maximum absolute atomic E-state index is 13.2. The molecule has 7 nitrogen and oxygen atoms in total. The quantitative estimate of drug-likeness (QED) is 0.647. The van der Waals surface area contributed by atoms with Crippen LogP contribution in [0.5, 0.6) is 0 Å². The molecule has 1 aliphatic carbocycles. The van der Waals surface area contributed by atoms with Crippen LogP contribution in [-0.2, 0) is 20.1 Å². The summed E-state index contributed by atoms with van der Waals surface area (Å²) in [7, 11) is 1.59. The average molecular weight is 413 g/mol. The highest BCUT2D eigenvalue weighted by Gasteiger charge is 2.21. The van der Waals surface area contributed by atoms with Crippen LogP contribution in [0.2, 0.25) is 5.02 Å². The zero-order valence-electron chi connectivity index (χ0n) is 16.1. The molecule has 3 aromatic rings. The molecule has 2 aromatic heterocycles. The van der Waals surface area contributed by atoms with E-state index in [-0.39, 0.29) is 13.2 Å². The molecule has 0 saturated heterocycles. The van der Waals surface area contributed by atoms with Gasteiger partial charge in [-0.25, -0.2) is 9.78 Å². The Hall–Kier alpha value is -2.82. The molecule has 0 aliphatic heterocycles. The monoisotopic (exact) mass is 412 g/mol. The largest absolute Gasteiger partial charge is 0.396 e. The van der Waals surface area contributed by atoms with E-state index in [2.05, 4.69) is 16.8 Å². The number of imidazole rings is 1. The first-order valence-electron chi connectivity index (χ1n) is 9.56. The third kappa shape index (κ3) is 3.86. The minimum Gasteiger partial charge on any atom is -0.396 e. The third-order valence-corrected chi connectivity index (χ3v) is 5.24. The van der Waals surface area contributed by atoms with E-state index in [0.29, 0.717) is 40.9 Å². The van der Waals surface area contributed by atoms with Gasteiger partial charge < -0.3 is 9.67 Å². The van der Waals surface area contributed by atoms with Crippen molar-refractivity contribution in [1.29, 1.82) is 0 Å². The molecular formula is C21H21ClN4O3. The molecule has 0 spiro atoms. The molecule has 1 saturated carbocycles. The topological polar surface area (TPSA) is 82.0 Å². The van der Waals surface area contributed by atoms with Crippen LogP contribution in [0.1, 0.15) is 30.7 Å². The summed E-state index contributed by atoms with van der Waals surface area (Å²) in [5.74, 6) is 7.14. The summed E-state index contributed by atoms with van der Waals surface area (Å²) in [6, 6.07) is 7.36. The first-order chi connectivity index (χ1) is 14.0. The number of fused-ring (bicyclic) bond motifs is 1. The Balaban J connectivity index is 1.93. The number of nitrogens with zero attached hydrogens (tertiary/aromatic N) is 4. The molecule has 150 valence electrons. The van der Waals surface area contributed by atoms with Gasteiger partial charge in [-0.2, -0.15) is 0 Å². The summed E-state index contributed by atoms with van der Waals surface area (Å²) in [5, 5.41) is 9.76. The lowest BCUT2D eigenvalue weighted by Crippen LogP contribution is -2.40. The standard InChI is InChI=1S/C21H21ClN4O3/c1-24-19-18(20(28)25(21(24)29)11-2-12-27)26(13-15-5-8-16(22)9-6-15)17(23-19)10-7-14-3-4-14/h5-6,8-9,14,27H,2-4,11-13H2,1H3. The van der Waals surface area contributed by atoms with Crippen LogP contribution in [0, 0.1) is 17.8 Å². The fourth-order valence-corrected chi connectivity index (χ4v) is 3.34. The fraction of sp³-hybridized carbons (Fsp3) is 0.381. The van der Waals surface area contributed by atoms with Crippen molar-refractivity contribution >= 4 is 22.8 Å². The molecule has 0 bridgehead atoms. The lowest BCUT2D eigenvalue weighted by molar-refractivity contribution is 0.277. The Morgan fingerprint density at radius 1 is 1.21 bits per heavy atom. The summed E-state index contributed by atoms with van der Waals surface area (Å²) in [5.41, 5.74) is 0.721. The third-order valence-electron chi connectivity index (χ3n) is 4.99. The Morgan fingerprint density at radius 2 is 1.93 bits per heavy atom. The van der Waals surface area contributed by atoms with Crippen LogP contribution in [-0.4, -0.2) is 30.4 Å². The number of aryl methyl sites for hydroxylation is 1. The average Bonchev–Trinajstić information content (AvgIpc) is 3.47. The summed E-state index contributed by atoms with van der Waals surface area (Å²) in [6.07, 6.45) is 2.48. The maximum Gasteiger partial charge on any atom is 0.332 e. The summed E-state index contributed by atoms with van der Waals surface area (Å²) >= 11 is 5.99. The predicted octanol–water partition coefficient (Wildman–Crippen LogP) is 1.74. The highest BCUT2D eigenvalue weighted by molar-refractivity contribution is 6.30. The van der Waals surface area contributed by atoms with E-state index in [1.165, 1.54) is 4.57 Å². The molecule has 0 unspecified atom stereocenters. The number of aromatic nitrogens is 4. The van der Waals surface area contributed by atoms with Gasteiger partial charge in [0.25, 0.3) is 5.56 Å². The fourth-order valence-electron chi connectivity index (χ4n) is 3.21. The first kappa shape index (κ1) is 19.5. The molecule has 4 rings (SSSR count). The molecule has 1 N–H and O–H groups in total. The van der Waals surface area contributed by atoms with E-state index in [1.807, 2.05) is 12.1 Å². The van der Waals surface area contributed by atoms with Crippen LogP contribution in [0.15, 0.2) is 33.9 Å². The second-order valence-electron chi connectivity index (χ2n) is 7.24. The lowest BCUT2D eigenvalue weighted by atomic mass is 10.2. The highest BCUT2D eigenvalue weighted by atomic mass is 35.5. The number of rotatable bonds is 5. The summed E-state index contributed by atoms with van der Waals surface area (Å²) < 4.78 is 4.29. The van der Waals surface area contributed by atoms with Crippen molar-refractivity contribution in [2.45, 2.75) is 32.4 Å². The van der Waals surface area contributed by atoms with Gasteiger partial charge >= 0.3 is 5.69 Å². The molecule has 2 heterocycles. The van der Waals surface area contributed by atoms with Gasteiger partial charge in [-0.15, -0.1) is 0 Å². The summed E-state index contributed by atoms with van der Waals surface area (Å²) in [4.78, 5) is 30.4. The number of hydrogen-bond acceptors (Lipinski definition) is 4. The van der Waals surface area contributed by atoms with Crippen molar-refractivity contribution in [2.75, 3.05) is 6.61 Å². The van der Waals surface area contributed by atoms with E-state index in [4.69, 9.17) is 16.7 Å². The zero-order valence-corrected chi connectivity index (χ0v) is 16.8. The van der Waals surface area contributed by atoms with Gasteiger partial charge in [0.2, 0.25) is 0 Å². The second-order valence-corrected chi connectivity index (χ2v) is 7.68. The van der Waals surface area contributed by atoms with Gasteiger partial charge in [0.15, 0.2) is 17.0 Å². The van der Waals surface area contributed by atoms with Gasteiger partial charge in [0.05, 0.1) is 6.54 Å². The van der Waals surface area contributed by atoms with Gasteiger partial charge in [-0.3, -0.25) is 13.9 Å². The Labute approximate surface area is 172 Å². The highest BCUT2D eigenvalue weighted by Crippen LogP contribution is 2.27. The number of benzene rings is 1. The minimum absolute atomic E-state index is 0.101. The van der Waals surface area contributed by atoms with Crippen LogP contribution in [0.25, 0.3) is 11.2 Å². The van der Waals surface area contributed by atoms with Gasteiger partial charge in [-0.05, 0) is 42.9 Å². The van der Waals surface area contributed by atoms with Gasteiger partial charge in [0.1, 0.15) is 0 Å². The smallest absolute Gasteiger partial charge is 0.332 e. The molecule has 1 aromatic carbocycles. The van der Waals surface area contributed by atoms with Crippen LogP contribution >= 0.6 is 11.6 Å². The molecule has 0 atom stereocenters. The van der Waals surface area contributed by atoms with Gasteiger partial charge in [-0.1, -0.05) is 29.7 Å². The SMILES string of the molecule is Cn1c(=O)n(CCCO)c(=O)c2c1nc(C#CC1CC1)n2Cc1ccc(Cl)cc1. The number of hydrogen-bond donors (Lipinski definition) is 1. The predicted molar refractivity (Wildman–Crippen MR) is 111 cm³/mol. The minimum atomic E-state index is -0.450. The normalized spacial score (nSPS) is 13.5. The molecular weight excluding hydrogens is 392 g/mol. The van der Waals surface area contributed by atoms with Crippen LogP contribution < -0.4 is 11.2 Å². The number of aliphatic hydroxyl groups is 1. The van der Waals surface area contributed by atoms with Crippen molar-refractivity contribution in [3.8, 4) is 11.8 Å². The molecule has 29 heavy (non-hydrogen) atoms. The van der Waals surface area contributed by atoms with E-state index < -0.39 is 11.2 Å². The van der Waals surface area contributed by atoms with E-state index in [1.54, 1.807) is 23.7 Å². The van der Waals surface area contributed by atoms with Crippen LogP contribution in [0.4, 0.5) is 0 Å². The van der Waals surface area contributed by atoms with Crippen molar-refractivity contribution < 1.29 is 5.11 Å². The zero-order chi connectivity index (χ0) is 20.5. The number of halogens is 1. The molecule has 1 fully saturated rings. The lowest BCUT2D eigenvalue weighted by Gasteiger charge is -2.10. The number of aliphatic hydroxyl groups excluding tert-OH is 1.